The van der Waals surface area contributed by atoms with Crippen molar-refractivity contribution in [3.05, 3.63) is 57.6 Å². The molecule has 0 bridgehead atoms. The molecule has 0 unspecified atom stereocenters. The van der Waals surface area contributed by atoms with Gasteiger partial charge in [-0.2, -0.15) is 5.26 Å². The fourth-order valence-corrected chi connectivity index (χ4v) is 2.32. The summed E-state index contributed by atoms with van der Waals surface area (Å²) < 4.78 is 11.7. The SMILES string of the molecule is COc1cc(/C=N\O)c(Br)cc1OCc1ccccc1C#N. The van der Waals surface area contributed by atoms with Crippen LogP contribution in [0.25, 0.3) is 0 Å². The Bertz CT molecular complexity index is 739. The summed E-state index contributed by atoms with van der Waals surface area (Å²) in [7, 11) is 1.53. The fraction of sp³-hybridized carbons (Fsp3) is 0.125. The van der Waals surface area contributed by atoms with E-state index in [1.807, 2.05) is 18.2 Å². The van der Waals surface area contributed by atoms with Crippen LogP contribution >= 0.6 is 15.9 Å². The second-order valence-electron chi connectivity index (χ2n) is 4.33. The van der Waals surface area contributed by atoms with Crippen LogP contribution in [0.3, 0.4) is 0 Å². The summed E-state index contributed by atoms with van der Waals surface area (Å²) in [5, 5.41) is 20.7. The maximum atomic E-state index is 9.08. The highest BCUT2D eigenvalue weighted by molar-refractivity contribution is 9.10. The predicted molar refractivity (Wildman–Crippen MR) is 85.6 cm³/mol. The minimum atomic E-state index is 0.250. The lowest BCUT2D eigenvalue weighted by atomic mass is 10.1. The van der Waals surface area contributed by atoms with Gasteiger partial charge < -0.3 is 14.7 Å². The van der Waals surface area contributed by atoms with Crippen molar-refractivity contribution in [2.75, 3.05) is 7.11 Å². The van der Waals surface area contributed by atoms with E-state index >= 15 is 0 Å². The van der Waals surface area contributed by atoms with Crippen LogP contribution in [0.5, 0.6) is 11.5 Å². The lowest BCUT2D eigenvalue weighted by Crippen LogP contribution is -2.01. The Kier molecular flexibility index (Phi) is 5.39. The van der Waals surface area contributed by atoms with Crippen LogP contribution in [0, 0.1) is 11.3 Å². The van der Waals surface area contributed by atoms with Gasteiger partial charge in [-0.25, -0.2) is 0 Å². The minimum Gasteiger partial charge on any atom is -0.493 e. The summed E-state index contributed by atoms with van der Waals surface area (Å²) in [5.41, 5.74) is 2.03. The van der Waals surface area contributed by atoms with Crippen molar-refractivity contribution in [3.63, 3.8) is 0 Å². The van der Waals surface area contributed by atoms with Crippen molar-refractivity contribution in [1.29, 1.82) is 5.26 Å². The van der Waals surface area contributed by atoms with Gasteiger partial charge >= 0.3 is 0 Å². The maximum absolute atomic E-state index is 9.08. The molecule has 0 amide bonds. The van der Waals surface area contributed by atoms with Crippen LogP contribution in [0.1, 0.15) is 16.7 Å². The van der Waals surface area contributed by atoms with Crippen molar-refractivity contribution in [1.82, 2.24) is 0 Å². The molecule has 0 saturated carbocycles. The van der Waals surface area contributed by atoms with Gasteiger partial charge in [-0.05, 0) is 34.1 Å². The third kappa shape index (κ3) is 3.57. The Hall–Kier alpha value is -2.52. The molecule has 2 rings (SSSR count). The smallest absolute Gasteiger partial charge is 0.162 e. The zero-order valence-corrected chi connectivity index (χ0v) is 13.4. The van der Waals surface area contributed by atoms with Crippen molar-refractivity contribution >= 4 is 22.1 Å². The molecule has 2 aromatic carbocycles. The van der Waals surface area contributed by atoms with Gasteiger partial charge in [0.25, 0.3) is 0 Å². The summed E-state index contributed by atoms with van der Waals surface area (Å²) >= 11 is 3.38. The van der Waals surface area contributed by atoms with Gasteiger partial charge in [0.2, 0.25) is 0 Å². The van der Waals surface area contributed by atoms with Gasteiger partial charge in [0, 0.05) is 15.6 Å². The highest BCUT2D eigenvalue weighted by Crippen LogP contribution is 2.33. The Morgan fingerprint density at radius 2 is 2.09 bits per heavy atom. The zero-order valence-electron chi connectivity index (χ0n) is 11.8. The van der Waals surface area contributed by atoms with Crippen molar-refractivity contribution in [3.8, 4) is 17.6 Å². The molecule has 112 valence electrons. The van der Waals surface area contributed by atoms with Crippen LogP contribution in [-0.2, 0) is 6.61 Å². The van der Waals surface area contributed by atoms with E-state index < -0.39 is 0 Å². The highest BCUT2D eigenvalue weighted by atomic mass is 79.9. The van der Waals surface area contributed by atoms with E-state index in [0.29, 0.717) is 27.1 Å². The lowest BCUT2D eigenvalue weighted by molar-refractivity contribution is 0.284. The van der Waals surface area contributed by atoms with E-state index in [2.05, 4.69) is 27.2 Å². The Morgan fingerprint density at radius 1 is 1.32 bits per heavy atom. The molecule has 6 heteroatoms. The number of benzene rings is 2. The number of ether oxygens (including phenoxy) is 2. The number of nitrogens with zero attached hydrogens (tertiary/aromatic N) is 2. The van der Waals surface area contributed by atoms with E-state index in [-0.39, 0.29) is 6.61 Å². The first kappa shape index (κ1) is 15.9. The van der Waals surface area contributed by atoms with Crippen molar-refractivity contribution < 1.29 is 14.7 Å². The van der Waals surface area contributed by atoms with E-state index in [0.717, 1.165) is 5.56 Å². The summed E-state index contributed by atoms with van der Waals surface area (Å²) in [4.78, 5) is 0. The summed E-state index contributed by atoms with van der Waals surface area (Å²) in [6, 6.07) is 12.8. The number of methoxy groups -OCH3 is 1. The van der Waals surface area contributed by atoms with E-state index in [9.17, 15) is 0 Å². The van der Waals surface area contributed by atoms with Crippen LogP contribution < -0.4 is 9.47 Å². The van der Waals surface area contributed by atoms with Gasteiger partial charge in [-0.1, -0.05) is 23.4 Å². The molecule has 0 saturated heterocycles. The second kappa shape index (κ2) is 7.48. The monoisotopic (exact) mass is 360 g/mol. The number of rotatable bonds is 5. The largest absolute Gasteiger partial charge is 0.493 e. The molecule has 22 heavy (non-hydrogen) atoms. The first-order valence-corrected chi connectivity index (χ1v) is 7.14. The normalized spacial score (nSPS) is 10.4. The van der Waals surface area contributed by atoms with Gasteiger partial charge in [0.1, 0.15) is 6.61 Å². The van der Waals surface area contributed by atoms with Gasteiger partial charge in [0.05, 0.1) is 25.0 Å². The summed E-state index contributed by atoms with van der Waals surface area (Å²) in [5.74, 6) is 1.03. The third-order valence-corrected chi connectivity index (χ3v) is 3.69. The number of hydrogen-bond donors (Lipinski definition) is 1. The predicted octanol–water partition coefficient (Wildman–Crippen LogP) is 3.72. The molecule has 0 aromatic heterocycles. The molecule has 0 atom stereocenters. The molecular formula is C16H13BrN2O3. The average Bonchev–Trinajstić information content (AvgIpc) is 2.55. The molecule has 2 aromatic rings. The molecule has 0 aliphatic rings. The van der Waals surface area contributed by atoms with Gasteiger partial charge in [-0.15, -0.1) is 0 Å². The molecule has 0 radical (unpaired) electrons. The molecular weight excluding hydrogens is 348 g/mol. The van der Waals surface area contributed by atoms with Crippen molar-refractivity contribution in [2.45, 2.75) is 6.61 Å². The van der Waals surface area contributed by atoms with E-state index in [1.54, 1.807) is 18.2 Å². The molecule has 0 aliphatic carbocycles. The van der Waals surface area contributed by atoms with Crippen LogP contribution in [-0.4, -0.2) is 18.5 Å². The summed E-state index contributed by atoms with van der Waals surface area (Å²) in [6.07, 6.45) is 1.29. The minimum absolute atomic E-state index is 0.250. The number of hydrogen-bond acceptors (Lipinski definition) is 5. The molecule has 0 aliphatic heterocycles. The van der Waals surface area contributed by atoms with Crippen LogP contribution in [0.15, 0.2) is 46.0 Å². The first-order valence-electron chi connectivity index (χ1n) is 6.35. The fourth-order valence-electron chi connectivity index (χ4n) is 1.90. The number of nitriles is 1. The first-order chi connectivity index (χ1) is 10.7. The summed E-state index contributed by atoms with van der Waals surface area (Å²) in [6.45, 7) is 0.250. The molecule has 0 spiro atoms. The number of halogens is 1. The Morgan fingerprint density at radius 3 is 2.77 bits per heavy atom. The van der Waals surface area contributed by atoms with Gasteiger partial charge in [-0.3, -0.25) is 0 Å². The molecule has 1 N–H and O–H groups in total. The van der Waals surface area contributed by atoms with E-state index in [1.165, 1.54) is 13.3 Å². The second-order valence-corrected chi connectivity index (χ2v) is 5.18. The van der Waals surface area contributed by atoms with E-state index in [4.69, 9.17) is 19.9 Å². The quantitative estimate of drug-likeness (QED) is 0.500. The molecule has 5 nitrogen and oxygen atoms in total. The lowest BCUT2D eigenvalue weighted by Gasteiger charge is -2.13. The molecule has 0 fully saturated rings. The topological polar surface area (TPSA) is 74.8 Å². The average molecular weight is 361 g/mol. The van der Waals surface area contributed by atoms with Gasteiger partial charge in [0.15, 0.2) is 11.5 Å². The zero-order chi connectivity index (χ0) is 15.9. The standard InChI is InChI=1S/C16H13BrN2O3/c1-21-15-6-13(9-19-20)14(17)7-16(15)22-10-12-5-3-2-4-11(12)8-18/h2-7,9,20H,10H2,1H3/b19-9-. The van der Waals surface area contributed by atoms with Crippen LogP contribution in [0.2, 0.25) is 0 Å². The van der Waals surface area contributed by atoms with Crippen molar-refractivity contribution in [2.24, 2.45) is 5.16 Å². The number of oxime groups is 1. The van der Waals surface area contributed by atoms with Crippen LogP contribution in [0.4, 0.5) is 0 Å². The highest BCUT2D eigenvalue weighted by Gasteiger charge is 2.10. The maximum Gasteiger partial charge on any atom is 0.162 e. The molecule has 0 heterocycles. The Balaban J connectivity index is 2.26. The third-order valence-electron chi connectivity index (χ3n) is 3.00. The Labute approximate surface area is 136 Å².